The molecule has 0 spiro atoms. The van der Waals surface area contributed by atoms with Crippen LogP contribution in [0.4, 0.5) is 0 Å². The summed E-state index contributed by atoms with van der Waals surface area (Å²) in [5.74, 6) is 1.05. The van der Waals surface area contributed by atoms with Crippen molar-refractivity contribution in [1.82, 2.24) is 24.9 Å². The lowest BCUT2D eigenvalue weighted by atomic mass is 10.1. The van der Waals surface area contributed by atoms with Gasteiger partial charge in [0.05, 0.1) is 13.7 Å². The Bertz CT molecular complexity index is 807. The second kappa shape index (κ2) is 12.1. The summed E-state index contributed by atoms with van der Waals surface area (Å²) in [7, 11) is 1.65. The maximum Gasteiger partial charge on any atom is 0.234 e. The molecule has 2 heterocycles. The fourth-order valence-corrected chi connectivity index (χ4v) is 3.74. The zero-order chi connectivity index (χ0) is 21.9. The molecule has 1 fully saturated rings. The van der Waals surface area contributed by atoms with Gasteiger partial charge < -0.3 is 15.0 Å². The number of hydrogen-bond donors (Lipinski definition) is 1. The van der Waals surface area contributed by atoms with Crippen LogP contribution in [0.25, 0.3) is 0 Å². The Balaban J connectivity index is 1.33. The largest absolute Gasteiger partial charge is 0.497 e. The smallest absolute Gasteiger partial charge is 0.234 e. The minimum absolute atomic E-state index is 0.0414. The Morgan fingerprint density at radius 3 is 2.71 bits per heavy atom. The van der Waals surface area contributed by atoms with Crippen molar-refractivity contribution in [3.05, 3.63) is 48.3 Å². The van der Waals surface area contributed by atoms with Crippen LogP contribution >= 0.6 is 0 Å². The topological polar surface area (TPSA) is 79.7 Å². The average Bonchev–Trinajstić information content (AvgIpc) is 3.20. The Hall–Kier alpha value is -2.87. The fraction of sp³-hybridized carbons (Fsp3) is 0.522. The second-order valence-electron chi connectivity index (χ2n) is 7.83. The molecule has 1 aliphatic heterocycles. The number of carbonyl (C=O) groups excluding carboxylic acids is 2. The standard InChI is InChI=1S/C23H33N5O3/c1-31-21-8-5-20(6-9-21)7-10-23(30)27-14-4-13-26(17-18-27)19-22(29)24-11-2-15-28-16-3-12-25-28/h3,5-6,8-9,12,16H,2,4,7,10-11,13-15,17-19H2,1H3,(H,24,29). The highest BCUT2D eigenvalue weighted by molar-refractivity contribution is 5.78. The normalized spacial score (nSPS) is 14.8. The molecule has 0 saturated carbocycles. The molecule has 2 aromatic rings. The predicted molar refractivity (Wildman–Crippen MR) is 119 cm³/mol. The monoisotopic (exact) mass is 427 g/mol. The number of methoxy groups -OCH3 is 1. The first-order valence-corrected chi connectivity index (χ1v) is 11.0. The lowest BCUT2D eigenvalue weighted by Crippen LogP contribution is -2.40. The number of carbonyl (C=O) groups is 2. The van der Waals surface area contributed by atoms with Gasteiger partial charge in [0, 0.05) is 58.1 Å². The van der Waals surface area contributed by atoms with Crippen molar-refractivity contribution < 1.29 is 14.3 Å². The summed E-state index contributed by atoms with van der Waals surface area (Å²) in [6.07, 6.45) is 6.64. The molecule has 1 aliphatic rings. The fourth-order valence-electron chi connectivity index (χ4n) is 3.74. The molecule has 0 atom stereocenters. The van der Waals surface area contributed by atoms with Gasteiger partial charge in [-0.15, -0.1) is 0 Å². The Morgan fingerprint density at radius 1 is 1.13 bits per heavy atom. The van der Waals surface area contributed by atoms with Crippen LogP contribution in [0.5, 0.6) is 5.75 Å². The number of amides is 2. The van der Waals surface area contributed by atoms with Crippen LogP contribution in [0.15, 0.2) is 42.7 Å². The SMILES string of the molecule is COc1ccc(CCC(=O)N2CCCN(CC(=O)NCCCn3cccn3)CC2)cc1. The van der Waals surface area contributed by atoms with Crippen LogP contribution < -0.4 is 10.1 Å². The molecule has 1 N–H and O–H groups in total. The van der Waals surface area contributed by atoms with E-state index in [0.29, 0.717) is 26.1 Å². The molecule has 0 radical (unpaired) electrons. The second-order valence-corrected chi connectivity index (χ2v) is 7.83. The van der Waals surface area contributed by atoms with Crippen LogP contribution in [-0.4, -0.2) is 77.8 Å². The highest BCUT2D eigenvalue weighted by Crippen LogP contribution is 2.13. The summed E-state index contributed by atoms with van der Waals surface area (Å²) in [6, 6.07) is 9.75. The van der Waals surface area contributed by atoms with E-state index in [-0.39, 0.29) is 11.8 Å². The van der Waals surface area contributed by atoms with Crippen molar-refractivity contribution >= 4 is 11.8 Å². The average molecular weight is 428 g/mol. The molecular formula is C23H33N5O3. The van der Waals surface area contributed by atoms with Gasteiger partial charge in [-0.05, 0) is 43.0 Å². The Morgan fingerprint density at radius 2 is 1.97 bits per heavy atom. The van der Waals surface area contributed by atoms with Crippen molar-refractivity contribution in [2.24, 2.45) is 0 Å². The molecule has 0 aliphatic carbocycles. The van der Waals surface area contributed by atoms with Gasteiger partial charge in [0.25, 0.3) is 0 Å². The summed E-state index contributed by atoms with van der Waals surface area (Å²) in [5, 5.41) is 7.14. The zero-order valence-electron chi connectivity index (χ0n) is 18.3. The quantitative estimate of drug-likeness (QED) is 0.582. The van der Waals surface area contributed by atoms with Crippen molar-refractivity contribution in [2.45, 2.75) is 32.2 Å². The van der Waals surface area contributed by atoms with Gasteiger partial charge in [0.1, 0.15) is 5.75 Å². The molecule has 3 rings (SSSR count). The molecule has 1 saturated heterocycles. The lowest BCUT2D eigenvalue weighted by Gasteiger charge is -2.22. The van der Waals surface area contributed by atoms with Gasteiger partial charge in [-0.2, -0.15) is 5.10 Å². The predicted octanol–water partition coefficient (Wildman–Crippen LogP) is 1.57. The molecule has 8 heteroatoms. The van der Waals surface area contributed by atoms with Crippen LogP contribution in [0.1, 0.15) is 24.8 Å². The summed E-state index contributed by atoms with van der Waals surface area (Å²) < 4.78 is 7.03. The van der Waals surface area contributed by atoms with E-state index >= 15 is 0 Å². The molecule has 0 bridgehead atoms. The molecule has 31 heavy (non-hydrogen) atoms. The third kappa shape index (κ3) is 7.71. The Kier molecular flexibility index (Phi) is 8.90. The third-order valence-corrected chi connectivity index (χ3v) is 5.54. The van der Waals surface area contributed by atoms with Gasteiger partial charge in [-0.1, -0.05) is 12.1 Å². The summed E-state index contributed by atoms with van der Waals surface area (Å²) in [6.45, 7) is 4.82. The highest BCUT2D eigenvalue weighted by atomic mass is 16.5. The molecule has 2 amide bonds. The van der Waals surface area contributed by atoms with Crippen molar-refractivity contribution in [3.63, 3.8) is 0 Å². The molecule has 168 valence electrons. The van der Waals surface area contributed by atoms with E-state index in [4.69, 9.17) is 4.74 Å². The van der Waals surface area contributed by atoms with E-state index in [1.165, 1.54) is 0 Å². The molecule has 1 aromatic carbocycles. The van der Waals surface area contributed by atoms with Crippen LogP contribution in [0.2, 0.25) is 0 Å². The number of aromatic nitrogens is 2. The lowest BCUT2D eigenvalue weighted by molar-refractivity contribution is -0.131. The van der Waals surface area contributed by atoms with Crippen molar-refractivity contribution in [1.29, 1.82) is 0 Å². The van der Waals surface area contributed by atoms with Gasteiger partial charge >= 0.3 is 0 Å². The maximum absolute atomic E-state index is 12.6. The van der Waals surface area contributed by atoms with Crippen molar-refractivity contribution in [2.75, 3.05) is 46.4 Å². The molecule has 1 aromatic heterocycles. The van der Waals surface area contributed by atoms with Gasteiger partial charge in [0.2, 0.25) is 11.8 Å². The minimum atomic E-state index is 0.0414. The third-order valence-electron chi connectivity index (χ3n) is 5.54. The van der Waals surface area contributed by atoms with E-state index in [9.17, 15) is 9.59 Å². The molecule has 0 unspecified atom stereocenters. The number of ether oxygens (including phenoxy) is 1. The number of hydrogen-bond acceptors (Lipinski definition) is 5. The van der Waals surface area contributed by atoms with Crippen molar-refractivity contribution in [3.8, 4) is 5.75 Å². The first-order valence-electron chi connectivity index (χ1n) is 11.0. The first-order chi connectivity index (χ1) is 15.1. The summed E-state index contributed by atoms with van der Waals surface area (Å²) in [4.78, 5) is 29.0. The Labute approximate surface area is 184 Å². The summed E-state index contributed by atoms with van der Waals surface area (Å²) in [5.41, 5.74) is 1.13. The zero-order valence-corrected chi connectivity index (χ0v) is 18.3. The molecular weight excluding hydrogens is 394 g/mol. The minimum Gasteiger partial charge on any atom is -0.497 e. The van der Waals surface area contributed by atoms with Crippen LogP contribution in [-0.2, 0) is 22.6 Å². The van der Waals surface area contributed by atoms with E-state index in [2.05, 4.69) is 15.3 Å². The number of aryl methyl sites for hydroxylation is 2. The van der Waals surface area contributed by atoms with E-state index in [1.807, 2.05) is 46.1 Å². The van der Waals surface area contributed by atoms with Gasteiger partial charge in [0.15, 0.2) is 0 Å². The van der Waals surface area contributed by atoms with Gasteiger partial charge in [-0.3, -0.25) is 19.2 Å². The number of nitrogens with zero attached hydrogens (tertiary/aromatic N) is 4. The highest BCUT2D eigenvalue weighted by Gasteiger charge is 2.20. The van der Waals surface area contributed by atoms with Crippen LogP contribution in [0.3, 0.4) is 0 Å². The van der Waals surface area contributed by atoms with E-state index < -0.39 is 0 Å². The number of nitrogens with one attached hydrogen (secondary N) is 1. The molecule has 8 nitrogen and oxygen atoms in total. The number of benzene rings is 1. The van der Waals surface area contributed by atoms with Crippen LogP contribution in [0, 0.1) is 0 Å². The summed E-state index contributed by atoms with van der Waals surface area (Å²) >= 11 is 0. The first kappa shape index (κ1) is 22.8. The maximum atomic E-state index is 12.6. The van der Waals surface area contributed by atoms with E-state index in [1.54, 1.807) is 13.3 Å². The van der Waals surface area contributed by atoms with E-state index in [0.717, 1.165) is 56.8 Å². The van der Waals surface area contributed by atoms with Gasteiger partial charge in [-0.25, -0.2) is 0 Å². The number of rotatable bonds is 10.